The van der Waals surface area contributed by atoms with Crippen LogP contribution in [0.15, 0.2) is 24.3 Å². The van der Waals surface area contributed by atoms with E-state index < -0.39 is 0 Å². The standard InChI is InChI=1S/C18H25ClN2O2S/c19-16-4-2-15(3-5-16)12-18(22)21-6-1-11-24-14-17(21)13-20-7-9-23-10-8-20/h2-5,17H,1,6-14H2/t17-/m0/s1. The largest absolute Gasteiger partial charge is 0.379 e. The van der Waals surface area contributed by atoms with Crippen LogP contribution in [-0.4, -0.2) is 72.6 Å². The summed E-state index contributed by atoms with van der Waals surface area (Å²) in [6.45, 7) is 5.38. The summed E-state index contributed by atoms with van der Waals surface area (Å²) in [7, 11) is 0. The van der Waals surface area contributed by atoms with Crippen molar-refractivity contribution in [3.63, 3.8) is 0 Å². The monoisotopic (exact) mass is 368 g/mol. The lowest BCUT2D eigenvalue weighted by Gasteiger charge is -2.35. The summed E-state index contributed by atoms with van der Waals surface area (Å²) in [5.74, 6) is 2.41. The fourth-order valence-electron chi connectivity index (χ4n) is 3.27. The predicted molar refractivity (Wildman–Crippen MR) is 99.9 cm³/mol. The number of carbonyl (C=O) groups excluding carboxylic acids is 1. The summed E-state index contributed by atoms with van der Waals surface area (Å²) in [5, 5.41) is 0.711. The van der Waals surface area contributed by atoms with Gasteiger partial charge in [0.25, 0.3) is 0 Å². The lowest BCUT2D eigenvalue weighted by Crippen LogP contribution is -2.50. The molecule has 0 unspecified atom stereocenters. The number of amides is 1. The van der Waals surface area contributed by atoms with Crippen molar-refractivity contribution < 1.29 is 9.53 Å². The van der Waals surface area contributed by atoms with E-state index in [1.54, 1.807) is 0 Å². The van der Waals surface area contributed by atoms with Crippen molar-refractivity contribution in [3.05, 3.63) is 34.9 Å². The van der Waals surface area contributed by atoms with Crippen molar-refractivity contribution in [2.45, 2.75) is 18.9 Å². The highest BCUT2D eigenvalue weighted by molar-refractivity contribution is 7.99. The van der Waals surface area contributed by atoms with Crippen molar-refractivity contribution in [3.8, 4) is 0 Å². The number of benzene rings is 1. The summed E-state index contributed by atoms with van der Waals surface area (Å²) >= 11 is 7.91. The Balaban J connectivity index is 1.64. The van der Waals surface area contributed by atoms with Gasteiger partial charge in [-0.05, 0) is 29.9 Å². The Morgan fingerprint density at radius 2 is 1.96 bits per heavy atom. The molecule has 0 N–H and O–H groups in total. The van der Waals surface area contributed by atoms with Crippen LogP contribution >= 0.6 is 23.4 Å². The SMILES string of the molecule is O=C(Cc1ccc(Cl)cc1)N1CCCSC[C@@H]1CN1CCOCC1. The maximum Gasteiger partial charge on any atom is 0.227 e. The van der Waals surface area contributed by atoms with Gasteiger partial charge in [0.2, 0.25) is 5.91 Å². The second-order valence-electron chi connectivity index (χ2n) is 6.39. The Labute approximate surface area is 153 Å². The average molecular weight is 369 g/mol. The Hall–Kier alpha value is -0.750. The molecule has 24 heavy (non-hydrogen) atoms. The van der Waals surface area contributed by atoms with Gasteiger partial charge in [0.05, 0.1) is 25.7 Å². The third-order valence-electron chi connectivity index (χ3n) is 4.60. The van der Waals surface area contributed by atoms with E-state index in [1.165, 1.54) is 0 Å². The van der Waals surface area contributed by atoms with Gasteiger partial charge in [0.15, 0.2) is 0 Å². The van der Waals surface area contributed by atoms with Gasteiger partial charge in [-0.25, -0.2) is 0 Å². The number of hydrogen-bond donors (Lipinski definition) is 0. The first-order chi connectivity index (χ1) is 11.7. The van der Waals surface area contributed by atoms with Crippen molar-refractivity contribution in [2.75, 3.05) is 50.9 Å². The quantitative estimate of drug-likeness (QED) is 0.817. The topological polar surface area (TPSA) is 32.8 Å². The Morgan fingerprint density at radius 1 is 1.21 bits per heavy atom. The van der Waals surface area contributed by atoms with Crippen LogP contribution in [0.5, 0.6) is 0 Å². The minimum atomic E-state index is 0.234. The highest BCUT2D eigenvalue weighted by Crippen LogP contribution is 2.19. The highest BCUT2D eigenvalue weighted by atomic mass is 35.5. The number of hydrogen-bond acceptors (Lipinski definition) is 4. The van der Waals surface area contributed by atoms with Gasteiger partial charge < -0.3 is 9.64 Å². The molecule has 4 nitrogen and oxygen atoms in total. The van der Waals surface area contributed by atoms with E-state index in [0.717, 1.165) is 62.9 Å². The summed E-state index contributed by atoms with van der Waals surface area (Å²) in [4.78, 5) is 17.4. The van der Waals surface area contributed by atoms with Crippen LogP contribution in [0, 0.1) is 0 Å². The summed E-state index contributed by atoms with van der Waals surface area (Å²) in [6.07, 6.45) is 1.54. The Morgan fingerprint density at radius 3 is 2.71 bits per heavy atom. The number of ether oxygens (including phenoxy) is 1. The van der Waals surface area contributed by atoms with Crippen molar-refractivity contribution in [1.29, 1.82) is 0 Å². The summed E-state index contributed by atoms with van der Waals surface area (Å²) < 4.78 is 5.44. The van der Waals surface area contributed by atoms with Crippen LogP contribution in [0.2, 0.25) is 5.02 Å². The first-order valence-corrected chi connectivity index (χ1v) is 10.2. The predicted octanol–water partition coefficient (Wildman–Crippen LogP) is 2.55. The highest BCUT2D eigenvalue weighted by Gasteiger charge is 2.28. The number of halogens is 1. The molecule has 0 aromatic heterocycles. The molecule has 2 aliphatic heterocycles. The molecule has 1 aromatic carbocycles. The zero-order valence-corrected chi connectivity index (χ0v) is 15.5. The molecule has 2 fully saturated rings. The first kappa shape index (κ1) is 18.1. The molecule has 0 radical (unpaired) electrons. The smallest absolute Gasteiger partial charge is 0.227 e. The molecule has 0 saturated carbocycles. The molecule has 3 rings (SSSR count). The second kappa shape index (κ2) is 9.09. The third-order valence-corrected chi connectivity index (χ3v) is 6.05. The van der Waals surface area contributed by atoms with Crippen molar-refractivity contribution >= 4 is 29.3 Å². The molecule has 132 valence electrons. The van der Waals surface area contributed by atoms with E-state index in [-0.39, 0.29) is 5.91 Å². The minimum Gasteiger partial charge on any atom is -0.379 e. The zero-order valence-electron chi connectivity index (χ0n) is 14.0. The zero-order chi connectivity index (χ0) is 16.8. The van der Waals surface area contributed by atoms with E-state index in [1.807, 2.05) is 36.0 Å². The first-order valence-electron chi connectivity index (χ1n) is 8.64. The lowest BCUT2D eigenvalue weighted by molar-refractivity contribution is -0.132. The molecule has 2 saturated heterocycles. The number of carbonyl (C=O) groups is 1. The van der Waals surface area contributed by atoms with E-state index in [4.69, 9.17) is 16.3 Å². The minimum absolute atomic E-state index is 0.234. The fourth-order valence-corrected chi connectivity index (χ4v) is 4.45. The molecule has 1 amide bonds. The number of nitrogens with zero attached hydrogens (tertiary/aromatic N) is 2. The van der Waals surface area contributed by atoms with Crippen LogP contribution in [-0.2, 0) is 16.0 Å². The Bertz CT molecular complexity index is 534. The number of morpholine rings is 1. The number of thioether (sulfide) groups is 1. The van der Waals surface area contributed by atoms with Gasteiger partial charge in [0.1, 0.15) is 0 Å². The van der Waals surface area contributed by atoms with Gasteiger partial charge >= 0.3 is 0 Å². The molecule has 0 aliphatic carbocycles. The van der Waals surface area contributed by atoms with Crippen LogP contribution in [0.4, 0.5) is 0 Å². The van der Waals surface area contributed by atoms with E-state index in [2.05, 4.69) is 9.80 Å². The van der Waals surface area contributed by atoms with Crippen LogP contribution < -0.4 is 0 Å². The fraction of sp³-hybridized carbons (Fsp3) is 0.611. The van der Waals surface area contributed by atoms with E-state index in [0.29, 0.717) is 17.5 Å². The van der Waals surface area contributed by atoms with Crippen LogP contribution in [0.25, 0.3) is 0 Å². The summed E-state index contributed by atoms with van der Waals surface area (Å²) in [5.41, 5.74) is 1.03. The van der Waals surface area contributed by atoms with Crippen LogP contribution in [0.3, 0.4) is 0 Å². The molecule has 2 aliphatic rings. The molecular formula is C18H25ClN2O2S. The molecular weight excluding hydrogens is 344 g/mol. The van der Waals surface area contributed by atoms with Gasteiger partial charge in [-0.15, -0.1) is 0 Å². The second-order valence-corrected chi connectivity index (χ2v) is 7.97. The van der Waals surface area contributed by atoms with Gasteiger partial charge in [-0.3, -0.25) is 9.69 Å². The molecule has 0 spiro atoms. The van der Waals surface area contributed by atoms with Gasteiger partial charge in [-0.2, -0.15) is 11.8 Å². The molecule has 2 heterocycles. The number of rotatable bonds is 4. The summed E-state index contributed by atoms with van der Waals surface area (Å²) in [6, 6.07) is 7.91. The maximum absolute atomic E-state index is 12.9. The molecule has 0 bridgehead atoms. The van der Waals surface area contributed by atoms with Gasteiger partial charge in [-0.1, -0.05) is 23.7 Å². The normalized spacial score (nSPS) is 23.0. The lowest BCUT2D eigenvalue weighted by atomic mass is 10.1. The van der Waals surface area contributed by atoms with Crippen molar-refractivity contribution in [2.24, 2.45) is 0 Å². The van der Waals surface area contributed by atoms with Crippen LogP contribution in [0.1, 0.15) is 12.0 Å². The van der Waals surface area contributed by atoms with Gasteiger partial charge in [0, 0.05) is 37.0 Å². The maximum atomic E-state index is 12.9. The molecule has 6 heteroatoms. The van der Waals surface area contributed by atoms with E-state index in [9.17, 15) is 4.79 Å². The molecule has 1 aromatic rings. The van der Waals surface area contributed by atoms with Crippen molar-refractivity contribution in [1.82, 2.24) is 9.80 Å². The van der Waals surface area contributed by atoms with E-state index >= 15 is 0 Å². The molecule has 1 atom stereocenters. The Kier molecular flexibility index (Phi) is 6.84. The third kappa shape index (κ3) is 5.12. The average Bonchev–Trinajstić information content (AvgIpc) is 2.83.